The fraction of sp³-hybridized carbons (Fsp3) is 0.200. The van der Waals surface area contributed by atoms with Crippen molar-refractivity contribution >= 4 is 22.5 Å². The van der Waals surface area contributed by atoms with Crippen molar-refractivity contribution < 1.29 is 9.53 Å². The number of amides is 1. The fourth-order valence-corrected chi connectivity index (χ4v) is 2.70. The van der Waals surface area contributed by atoms with Gasteiger partial charge in [0.2, 0.25) is 5.91 Å². The van der Waals surface area contributed by atoms with Crippen LogP contribution in [-0.4, -0.2) is 17.5 Å². The molecular weight excluding hydrogens is 316 g/mol. The number of carbonyl (C=O) groups is 1. The molecule has 2 N–H and O–H groups in total. The number of nitrogens with one attached hydrogen (secondary N) is 2. The maximum absolute atomic E-state index is 12.4. The van der Waals surface area contributed by atoms with Gasteiger partial charge in [0, 0.05) is 11.1 Å². The van der Waals surface area contributed by atoms with Gasteiger partial charge in [0.05, 0.1) is 18.7 Å². The molecule has 0 aliphatic carbocycles. The molecule has 3 rings (SSSR count). The lowest BCUT2D eigenvalue weighted by Crippen LogP contribution is -2.21. The Labute approximate surface area is 145 Å². The second-order valence-corrected chi connectivity index (χ2v) is 5.87. The smallest absolute Gasteiger partial charge is 0.252 e. The summed E-state index contributed by atoms with van der Waals surface area (Å²) in [6, 6.07) is 14.8. The van der Waals surface area contributed by atoms with E-state index < -0.39 is 0 Å². The van der Waals surface area contributed by atoms with E-state index in [1.807, 2.05) is 56.3 Å². The highest BCUT2D eigenvalue weighted by Gasteiger charge is 2.12. The number of aryl methyl sites for hydroxylation is 1. The number of para-hydroxylation sites is 1. The zero-order chi connectivity index (χ0) is 17.8. The highest BCUT2D eigenvalue weighted by molar-refractivity contribution is 5.94. The van der Waals surface area contributed by atoms with E-state index in [4.69, 9.17) is 4.74 Å². The van der Waals surface area contributed by atoms with Gasteiger partial charge in [-0.2, -0.15) is 0 Å². The molecule has 25 heavy (non-hydrogen) atoms. The van der Waals surface area contributed by atoms with Crippen LogP contribution in [0.15, 0.2) is 53.3 Å². The molecule has 0 bridgehead atoms. The van der Waals surface area contributed by atoms with Gasteiger partial charge < -0.3 is 15.0 Å². The van der Waals surface area contributed by atoms with E-state index >= 15 is 0 Å². The van der Waals surface area contributed by atoms with Gasteiger partial charge in [-0.3, -0.25) is 9.59 Å². The quantitative estimate of drug-likeness (QED) is 0.750. The first-order valence-electron chi connectivity index (χ1n) is 8.21. The van der Waals surface area contributed by atoms with Crippen molar-refractivity contribution in [2.45, 2.75) is 20.3 Å². The third kappa shape index (κ3) is 3.88. The van der Waals surface area contributed by atoms with E-state index in [0.29, 0.717) is 23.6 Å². The first kappa shape index (κ1) is 16.8. The van der Waals surface area contributed by atoms with Crippen LogP contribution in [0, 0.1) is 6.92 Å². The van der Waals surface area contributed by atoms with Crippen molar-refractivity contribution in [2.24, 2.45) is 0 Å². The molecule has 128 valence electrons. The zero-order valence-electron chi connectivity index (χ0n) is 14.3. The number of aromatic amines is 1. The summed E-state index contributed by atoms with van der Waals surface area (Å²) in [5, 5.41) is 3.73. The lowest BCUT2D eigenvalue weighted by atomic mass is 10.1. The molecule has 5 heteroatoms. The predicted octanol–water partition coefficient (Wildman–Crippen LogP) is 3.42. The van der Waals surface area contributed by atoms with Crippen molar-refractivity contribution in [3.8, 4) is 5.75 Å². The number of pyridine rings is 1. The van der Waals surface area contributed by atoms with Gasteiger partial charge in [0.25, 0.3) is 5.56 Å². The molecule has 0 aliphatic rings. The van der Waals surface area contributed by atoms with E-state index in [1.54, 1.807) is 6.07 Å². The predicted molar refractivity (Wildman–Crippen MR) is 99.3 cm³/mol. The Balaban J connectivity index is 1.81. The van der Waals surface area contributed by atoms with Crippen LogP contribution in [0.2, 0.25) is 0 Å². The highest BCUT2D eigenvalue weighted by Crippen LogP contribution is 2.26. The number of carbonyl (C=O) groups excluding carboxylic acids is 1. The van der Waals surface area contributed by atoms with Crippen LogP contribution in [0.5, 0.6) is 5.75 Å². The Bertz CT molecular complexity index is 976. The largest absolute Gasteiger partial charge is 0.492 e. The van der Waals surface area contributed by atoms with Crippen LogP contribution in [0.1, 0.15) is 18.1 Å². The van der Waals surface area contributed by atoms with E-state index in [2.05, 4.69) is 10.3 Å². The minimum atomic E-state index is -0.259. The summed E-state index contributed by atoms with van der Waals surface area (Å²) >= 11 is 0. The van der Waals surface area contributed by atoms with Crippen LogP contribution < -0.4 is 15.6 Å². The van der Waals surface area contributed by atoms with Crippen molar-refractivity contribution in [3.05, 3.63) is 70.0 Å². The summed E-state index contributed by atoms with van der Waals surface area (Å²) in [5.74, 6) is 0.369. The third-order valence-electron chi connectivity index (χ3n) is 3.89. The molecule has 0 fully saturated rings. The molecule has 5 nitrogen and oxygen atoms in total. The molecule has 0 unspecified atom stereocenters. The number of ether oxygens (including phenoxy) is 1. The van der Waals surface area contributed by atoms with Crippen molar-refractivity contribution in [3.63, 3.8) is 0 Å². The van der Waals surface area contributed by atoms with Crippen LogP contribution in [0.3, 0.4) is 0 Å². The van der Waals surface area contributed by atoms with Crippen molar-refractivity contribution in [2.75, 3.05) is 11.9 Å². The first-order valence-corrected chi connectivity index (χ1v) is 8.21. The second kappa shape index (κ2) is 7.21. The van der Waals surface area contributed by atoms with Gasteiger partial charge >= 0.3 is 0 Å². The Morgan fingerprint density at radius 1 is 1.16 bits per heavy atom. The summed E-state index contributed by atoms with van der Waals surface area (Å²) in [6.45, 7) is 4.36. The number of fused-ring (bicyclic) bond motifs is 1. The average molecular weight is 336 g/mol. The van der Waals surface area contributed by atoms with Crippen LogP contribution in [0.25, 0.3) is 10.9 Å². The van der Waals surface area contributed by atoms with Gasteiger partial charge in [-0.25, -0.2) is 0 Å². The van der Waals surface area contributed by atoms with Gasteiger partial charge in [0.15, 0.2) is 0 Å². The topological polar surface area (TPSA) is 71.2 Å². The van der Waals surface area contributed by atoms with Gasteiger partial charge in [0.1, 0.15) is 5.75 Å². The molecular formula is C20H20N2O3. The Morgan fingerprint density at radius 3 is 2.76 bits per heavy atom. The Morgan fingerprint density at radius 2 is 1.96 bits per heavy atom. The maximum atomic E-state index is 12.4. The molecule has 0 saturated heterocycles. The van der Waals surface area contributed by atoms with Crippen LogP contribution in [-0.2, 0) is 11.2 Å². The minimum Gasteiger partial charge on any atom is -0.492 e. The van der Waals surface area contributed by atoms with Crippen LogP contribution >= 0.6 is 0 Å². The average Bonchev–Trinajstić information content (AvgIpc) is 2.58. The summed E-state index contributed by atoms with van der Waals surface area (Å²) in [7, 11) is 0. The number of hydrogen-bond acceptors (Lipinski definition) is 3. The number of anilines is 1. The molecule has 0 atom stereocenters. The zero-order valence-corrected chi connectivity index (χ0v) is 14.3. The number of benzene rings is 2. The van der Waals surface area contributed by atoms with Gasteiger partial charge in [-0.15, -0.1) is 0 Å². The summed E-state index contributed by atoms with van der Waals surface area (Å²) < 4.78 is 5.57. The Kier molecular flexibility index (Phi) is 4.84. The molecule has 1 amide bonds. The molecule has 0 spiro atoms. The first-order chi connectivity index (χ1) is 12.1. The van der Waals surface area contributed by atoms with Crippen molar-refractivity contribution in [1.82, 2.24) is 4.98 Å². The number of hydrogen-bond donors (Lipinski definition) is 2. The number of rotatable bonds is 5. The number of H-pyrrole nitrogens is 1. The Hall–Kier alpha value is -3.08. The normalized spacial score (nSPS) is 10.6. The molecule has 1 aromatic heterocycles. The SMILES string of the molecule is CCOc1cc(C)ccc1NC(=O)Cc1cc2ccccc2[nH]c1=O. The van der Waals surface area contributed by atoms with Crippen molar-refractivity contribution in [1.29, 1.82) is 0 Å². The summed E-state index contributed by atoms with van der Waals surface area (Å²) in [5.41, 5.74) is 2.60. The van der Waals surface area contributed by atoms with E-state index in [1.165, 1.54) is 0 Å². The number of aromatic nitrogens is 1. The summed E-state index contributed by atoms with van der Waals surface area (Å²) in [4.78, 5) is 27.4. The molecule has 0 radical (unpaired) electrons. The van der Waals surface area contributed by atoms with Gasteiger partial charge in [-0.1, -0.05) is 24.3 Å². The second-order valence-electron chi connectivity index (χ2n) is 5.87. The standard InChI is InChI=1S/C20H20N2O3/c1-3-25-18-10-13(2)8-9-17(18)21-19(23)12-15-11-14-6-4-5-7-16(14)22-20(15)24/h4-11H,3,12H2,1-2H3,(H,21,23)(H,22,24). The maximum Gasteiger partial charge on any atom is 0.252 e. The van der Waals surface area contributed by atoms with E-state index in [-0.39, 0.29) is 17.9 Å². The van der Waals surface area contributed by atoms with Crippen LogP contribution in [0.4, 0.5) is 5.69 Å². The minimum absolute atomic E-state index is 0.000388. The van der Waals surface area contributed by atoms with Gasteiger partial charge in [-0.05, 0) is 49.1 Å². The van der Waals surface area contributed by atoms with E-state index in [9.17, 15) is 9.59 Å². The highest BCUT2D eigenvalue weighted by atomic mass is 16.5. The lowest BCUT2D eigenvalue weighted by molar-refractivity contribution is -0.115. The molecule has 0 saturated carbocycles. The monoisotopic (exact) mass is 336 g/mol. The molecule has 1 heterocycles. The molecule has 2 aromatic carbocycles. The van der Waals surface area contributed by atoms with E-state index in [0.717, 1.165) is 16.5 Å². The molecule has 0 aliphatic heterocycles. The third-order valence-corrected chi connectivity index (χ3v) is 3.89. The molecule has 3 aromatic rings. The summed E-state index contributed by atoms with van der Waals surface area (Å²) in [6.07, 6.45) is -0.000388. The lowest BCUT2D eigenvalue weighted by Gasteiger charge is -2.12. The fourth-order valence-electron chi connectivity index (χ4n) is 2.70.